The van der Waals surface area contributed by atoms with Gasteiger partial charge in [-0.1, -0.05) is 42.3 Å². The Hall–Kier alpha value is -0.910. The number of ether oxygens (including phenoxy) is 1. The maximum atomic E-state index is 12.1. The molecular weight excluding hydrogens is 308 g/mol. The molecule has 1 amide bonds. The van der Waals surface area contributed by atoms with Gasteiger partial charge < -0.3 is 15.8 Å². The molecule has 106 valence electrons. The van der Waals surface area contributed by atoms with Crippen LogP contribution in [0.2, 0.25) is 0 Å². The van der Waals surface area contributed by atoms with Gasteiger partial charge in [0, 0.05) is 22.8 Å². The Morgan fingerprint density at radius 1 is 1.53 bits per heavy atom. The van der Waals surface area contributed by atoms with Crippen molar-refractivity contribution in [1.82, 2.24) is 0 Å². The van der Waals surface area contributed by atoms with Crippen molar-refractivity contribution in [2.75, 3.05) is 12.4 Å². The van der Waals surface area contributed by atoms with E-state index in [9.17, 15) is 4.79 Å². The van der Waals surface area contributed by atoms with Crippen LogP contribution in [0.5, 0.6) is 0 Å². The third kappa shape index (κ3) is 4.30. The predicted molar refractivity (Wildman–Crippen MR) is 80.9 cm³/mol. The van der Waals surface area contributed by atoms with Crippen LogP contribution in [-0.4, -0.2) is 19.1 Å². The lowest BCUT2D eigenvalue weighted by atomic mass is 9.99. The van der Waals surface area contributed by atoms with Gasteiger partial charge in [-0.25, -0.2) is 0 Å². The molecule has 0 aliphatic heterocycles. The highest BCUT2D eigenvalue weighted by Gasteiger charge is 2.20. The van der Waals surface area contributed by atoms with Crippen LogP contribution in [-0.2, 0) is 16.1 Å². The third-order valence-electron chi connectivity index (χ3n) is 3.23. The molecule has 0 saturated carbocycles. The van der Waals surface area contributed by atoms with Crippen molar-refractivity contribution in [1.29, 1.82) is 0 Å². The maximum Gasteiger partial charge on any atom is 0.241 e. The number of nitrogens with two attached hydrogens (primary N) is 1. The molecule has 19 heavy (non-hydrogen) atoms. The van der Waals surface area contributed by atoms with Crippen LogP contribution in [0.15, 0.2) is 22.7 Å². The largest absolute Gasteiger partial charge is 0.380 e. The van der Waals surface area contributed by atoms with Crippen molar-refractivity contribution in [3.8, 4) is 0 Å². The first-order valence-electron chi connectivity index (χ1n) is 6.34. The third-order valence-corrected chi connectivity index (χ3v) is 3.97. The van der Waals surface area contributed by atoms with E-state index in [1.54, 1.807) is 7.11 Å². The van der Waals surface area contributed by atoms with Gasteiger partial charge in [-0.3, -0.25) is 4.79 Å². The second-order valence-corrected chi connectivity index (χ2v) is 5.45. The Morgan fingerprint density at radius 3 is 2.79 bits per heavy atom. The number of carbonyl (C=O) groups excluding carboxylic acids is 1. The molecule has 0 radical (unpaired) electrons. The van der Waals surface area contributed by atoms with E-state index in [2.05, 4.69) is 21.2 Å². The van der Waals surface area contributed by atoms with Crippen molar-refractivity contribution in [3.63, 3.8) is 0 Å². The summed E-state index contributed by atoms with van der Waals surface area (Å²) in [6.45, 7) is 4.42. The lowest BCUT2D eigenvalue weighted by Crippen LogP contribution is -2.40. The van der Waals surface area contributed by atoms with Gasteiger partial charge in [-0.05, 0) is 18.1 Å². The van der Waals surface area contributed by atoms with Gasteiger partial charge in [-0.2, -0.15) is 0 Å². The van der Waals surface area contributed by atoms with Gasteiger partial charge in [-0.15, -0.1) is 0 Å². The predicted octanol–water partition coefficient (Wildman–Crippen LogP) is 2.91. The average molecular weight is 329 g/mol. The fraction of sp³-hybridized carbons (Fsp3) is 0.500. The van der Waals surface area contributed by atoms with Crippen LogP contribution in [0, 0.1) is 5.92 Å². The van der Waals surface area contributed by atoms with Crippen molar-refractivity contribution < 1.29 is 9.53 Å². The Balaban J connectivity index is 2.87. The molecular formula is C14H21BrN2O2. The molecule has 0 aliphatic rings. The molecule has 0 fully saturated rings. The van der Waals surface area contributed by atoms with Gasteiger partial charge in [0.2, 0.25) is 5.91 Å². The molecule has 0 unspecified atom stereocenters. The fourth-order valence-electron chi connectivity index (χ4n) is 1.70. The molecule has 0 spiro atoms. The first-order chi connectivity index (χ1) is 9.01. The molecule has 5 heteroatoms. The standard InChI is InChI=1S/C14H21BrN2O2/c1-4-9(2)13(16)14(18)17-12-7-5-6-11(15)10(12)8-19-3/h5-7,9,13H,4,8,16H2,1-3H3,(H,17,18)/t9-,13-/m0/s1. The van der Waals surface area contributed by atoms with Crippen molar-refractivity contribution in [2.24, 2.45) is 11.7 Å². The maximum absolute atomic E-state index is 12.1. The molecule has 1 rings (SSSR count). The van der Waals surface area contributed by atoms with Gasteiger partial charge in [0.05, 0.1) is 12.6 Å². The van der Waals surface area contributed by atoms with E-state index in [1.807, 2.05) is 32.0 Å². The zero-order chi connectivity index (χ0) is 14.4. The minimum Gasteiger partial charge on any atom is -0.380 e. The van der Waals surface area contributed by atoms with E-state index < -0.39 is 6.04 Å². The highest BCUT2D eigenvalue weighted by molar-refractivity contribution is 9.10. The summed E-state index contributed by atoms with van der Waals surface area (Å²) in [4.78, 5) is 12.1. The normalized spacial score (nSPS) is 13.9. The lowest BCUT2D eigenvalue weighted by Gasteiger charge is -2.19. The molecule has 0 heterocycles. The van der Waals surface area contributed by atoms with E-state index >= 15 is 0 Å². The highest BCUT2D eigenvalue weighted by Crippen LogP contribution is 2.26. The van der Waals surface area contributed by atoms with Crippen LogP contribution in [0.1, 0.15) is 25.8 Å². The summed E-state index contributed by atoms with van der Waals surface area (Å²) in [5.41, 5.74) is 7.57. The Kier molecular flexibility index (Phi) is 6.48. The minimum atomic E-state index is -0.501. The Bertz CT molecular complexity index is 437. The van der Waals surface area contributed by atoms with Gasteiger partial charge >= 0.3 is 0 Å². The average Bonchev–Trinajstić information content (AvgIpc) is 2.40. The molecule has 2 atom stereocenters. The van der Waals surface area contributed by atoms with Crippen LogP contribution < -0.4 is 11.1 Å². The van der Waals surface area contributed by atoms with Crippen molar-refractivity contribution >= 4 is 27.5 Å². The number of hydrogen-bond donors (Lipinski definition) is 2. The molecule has 4 nitrogen and oxygen atoms in total. The molecule has 0 aromatic heterocycles. The molecule has 0 saturated heterocycles. The molecule has 3 N–H and O–H groups in total. The summed E-state index contributed by atoms with van der Waals surface area (Å²) in [6.07, 6.45) is 0.873. The summed E-state index contributed by atoms with van der Waals surface area (Å²) in [5.74, 6) is -0.0113. The first kappa shape index (κ1) is 16.1. The number of benzene rings is 1. The molecule has 0 aliphatic carbocycles. The summed E-state index contributed by atoms with van der Waals surface area (Å²) < 4.78 is 6.05. The van der Waals surface area contributed by atoms with E-state index in [1.165, 1.54) is 0 Å². The van der Waals surface area contributed by atoms with E-state index in [0.717, 1.165) is 22.1 Å². The second kappa shape index (κ2) is 7.62. The van der Waals surface area contributed by atoms with Crippen molar-refractivity contribution in [3.05, 3.63) is 28.2 Å². The Labute approximate surface area is 122 Å². The summed E-state index contributed by atoms with van der Waals surface area (Å²) in [6, 6.07) is 5.13. The highest BCUT2D eigenvalue weighted by atomic mass is 79.9. The van der Waals surface area contributed by atoms with E-state index in [4.69, 9.17) is 10.5 Å². The quantitative estimate of drug-likeness (QED) is 0.843. The number of hydrogen-bond acceptors (Lipinski definition) is 3. The summed E-state index contributed by atoms with van der Waals surface area (Å²) in [5, 5.41) is 2.88. The van der Waals surface area contributed by atoms with Crippen molar-refractivity contribution in [2.45, 2.75) is 32.9 Å². The fourth-order valence-corrected chi connectivity index (χ4v) is 2.18. The van der Waals surface area contributed by atoms with Crippen LogP contribution >= 0.6 is 15.9 Å². The second-order valence-electron chi connectivity index (χ2n) is 4.60. The van der Waals surface area contributed by atoms with Gasteiger partial charge in [0.1, 0.15) is 0 Å². The zero-order valence-corrected chi connectivity index (χ0v) is 13.2. The van der Waals surface area contributed by atoms with E-state index in [-0.39, 0.29) is 11.8 Å². The number of amides is 1. The van der Waals surface area contributed by atoms with E-state index in [0.29, 0.717) is 6.61 Å². The first-order valence-corrected chi connectivity index (χ1v) is 7.13. The monoisotopic (exact) mass is 328 g/mol. The number of nitrogens with one attached hydrogen (secondary N) is 1. The number of anilines is 1. The smallest absolute Gasteiger partial charge is 0.241 e. The number of rotatable bonds is 6. The SMILES string of the molecule is CC[C@H](C)[C@H](N)C(=O)Nc1cccc(Br)c1COC. The van der Waals surface area contributed by atoms with Gasteiger partial charge in [0.15, 0.2) is 0 Å². The lowest BCUT2D eigenvalue weighted by molar-refractivity contribution is -0.118. The molecule has 1 aromatic rings. The van der Waals surface area contributed by atoms with Crippen LogP contribution in [0.3, 0.4) is 0 Å². The zero-order valence-electron chi connectivity index (χ0n) is 11.6. The number of carbonyl (C=O) groups is 1. The number of halogens is 1. The van der Waals surface area contributed by atoms with Gasteiger partial charge in [0.25, 0.3) is 0 Å². The summed E-state index contributed by atoms with van der Waals surface area (Å²) in [7, 11) is 1.62. The van der Waals surface area contributed by atoms with Crippen LogP contribution in [0.25, 0.3) is 0 Å². The Morgan fingerprint density at radius 2 is 2.21 bits per heavy atom. The molecule has 1 aromatic carbocycles. The molecule has 0 bridgehead atoms. The van der Waals surface area contributed by atoms with Crippen LogP contribution in [0.4, 0.5) is 5.69 Å². The number of methoxy groups -OCH3 is 1. The topological polar surface area (TPSA) is 64.4 Å². The summed E-state index contributed by atoms with van der Waals surface area (Å²) >= 11 is 3.46. The minimum absolute atomic E-state index is 0.151.